The molecule has 0 atom stereocenters. The molecule has 0 saturated carbocycles. The van der Waals surface area contributed by atoms with Gasteiger partial charge in [0.05, 0.1) is 22.3 Å². The first-order chi connectivity index (χ1) is 15.5. The molecule has 1 aliphatic heterocycles. The largest absolute Gasteiger partial charge is 0.385 e. The van der Waals surface area contributed by atoms with Crippen LogP contribution >= 0.6 is 12.2 Å². The highest BCUT2D eigenvalue weighted by Gasteiger charge is 2.24. The molecule has 2 aromatic carbocycles. The van der Waals surface area contributed by atoms with Crippen LogP contribution in [-0.4, -0.2) is 41.6 Å². The van der Waals surface area contributed by atoms with Gasteiger partial charge in [-0.1, -0.05) is 12.1 Å². The molecule has 2 heterocycles. The number of nitrogens with one attached hydrogen (secondary N) is 2. The number of methoxy groups -OCH3 is 1. The second-order valence-electron chi connectivity index (χ2n) is 7.61. The van der Waals surface area contributed by atoms with Gasteiger partial charge < -0.3 is 19.9 Å². The first-order valence-electron chi connectivity index (χ1n) is 10.5. The Bertz CT molecular complexity index is 1300. The van der Waals surface area contributed by atoms with Gasteiger partial charge in [0.2, 0.25) is 5.91 Å². The van der Waals surface area contributed by atoms with Gasteiger partial charge in [-0.2, -0.15) is 0 Å². The molecule has 1 aliphatic rings. The quantitative estimate of drug-likeness (QED) is 0.423. The Hall–Kier alpha value is -3.30. The standard InChI is InChI=1S/C23H24N4O4S/c1-31-13-5-12-27-22(30)16-10-9-15(14-18(16)25-23(27)32)21(29)24-17-6-2-3-7-19(17)26-11-4-8-20(26)28/h2-3,6-7,9-10,14H,4-5,8,11-13H2,1H3,(H,24,29)(H,25,32). The van der Waals surface area contributed by atoms with Gasteiger partial charge >= 0.3 is 0 Å². The fraction of sp³-hybridized carbons (Fsp3) is 0.304. The molecule has 2 N–H and O–H groups in total. The van der Waals surface area contributed by atoms with Crippen molar-refractivity contribution in [3.8, 4) is 0 Å². The van der Waals surface area contributed by atoms with E-state index in [-0.39, 0.29) is 17.4 Å². The smallest absolute Gasteiger partial charge is 0.262 e. The summed E-state index contributed by atoms with van der Waals surface area (Å²) < 4.78 is 6.84. The van der Waals surface area contributed by atoms with E-state index in [9.17, 15) is 14.4 Å². The van der Waals surface area contributed by atoms with Crippen LogP contribution in [-0.2, 0) is 16.1 Å². The number of amides is 2. The number of hydrogen-bond acceptors (Lipinski definition) is 5. The number of aromatic amines is 1. The van der Waals surface area contributed by atoms with Crippen LogP contribution in [0, 0.1) is 4.77 Å². The summed E-state index contributed by atoms with van der Waals surface area (Å²) in [6, 6.07) is 12.1. The molecular formula is C23H24N4O4S. The van der Waals surface area contributed by atoms with Crippen molar-refractivity contribution in [1.82, 2.24) is 9.55 Å². The minimum atomic E-state index is -0.338. The Morgan fingerprint density at radius 3 is 2.78 bits per heavy atom. The molecule has 1 fully saturated rings. The molecule has 0 bridgehead atoms. The van der Waals surface area contributed by atoms with Crippen LogP contribution in [0.2, 0.25) is 0 Å². The molecular weight excluding hydrogens is 428 g/mol. The molecule has 166 valence electrons. The van der Waals surface area contributed by atoms with Crippen LogP contribution in [0.1, 0.15) is 29.6 Å². The summed E-state index contributed by atoms with van der Waals surface area (Å²) in [7, 11) is 1.61. The number of anilines is 2. The lowest BCUT2D eigenvalue weighted by molar-refractivity contribution is -0.117. The van der Waals surface area contributed by atoms with Crippen molar-refractivity contribution in [3.63, 3.8) is 0 Å². The molecule has 3 aromatic rings. The monoisotopic (exact) mass is 452 g/mol. The predicted octanol–water partition coefficient (Wildman–Crippen LogP) is 3.47. The fourth-order valence-corrected chi connectivity index (χ4v) is 4.16. The van der Waals surface area contributed by atoms with Gasteiger partial charge in [-0.05, 0) is 55.4 Å². The summed E-state index contributed by atoms with van der Waals surface area (Å²) in [6.07, 6.45) is 1.97. The van der Waals surface area contributed by atoms with Gasteiger partial charge in [-0.3, -0.25) is 19.0 Å². The van der Waals surface area contributed by atoms with Crippen molar-refractivity contribution in [2.45, 2.75) is 25.8 Å². The Morgan fingerprint density at radius 2 is 2.03 bits per heavy atom. The zero-order chi connectivity index (χ0) is 22.7. The highest BCUT2D eigenvalue weighted by molar-refractivity contribution is 7.71. The summed E-state index contributed by atoms with van der Waals surface area (Å²) in [5, 5.41) is 3.35. The van der Waals surface area contributed by atoms with Crippen LogP contribution in [0.15, 0.2) is 47.3 Å². The Morgan fingerprint density at radius 1 is 1.22 bits per heavy atom. The molecule has 8 nitrogen and oxygen atoms in total. The van der Waals surface area contributed by atoms with Crippen LogP contribution in [0.5, 0.6) is 0 Å². The predicted molar refractivity (Wildman–Crippen MR) is 126 cm³/mol. The number of aromatic nitrogens is 2. The second kappa shape index (κ2) is 9.46. The first kappa shape index (κ1) is 21.9. The number of H-pyrrole nitrogens is 1. The molecule has 0 aliphatic carbocycles. The van der Waals surface area contributed by atoms with E-state index in [4.69, 9.17) is 17.0 Å². The molecule has 0 radical (unpaired) electrons. The van der Waals surface area contributed by atoms with Crippen LogP contribution in [0.25, 0.3) is 10.9 Å². The minimum absolute atomic E-state index is 0.0479. The maximum absolute atomic E-state index is 13.0. The third-order valence-electron chi connectivity index (χ3n) is 5.49. The molecule has 0 unspecified atom stereocenters. The maximum atomic E-state index is 13.0. The zero-order valence-corrected chi connectivity index (χ0v) is 18.5. The van der Waals surface area contributed by atoms with Crippen LogP contribution < -0.4 is 15.8 Å². The summed E-state index contributed by atoms with van der Waals surface area (Å²) in [4.78, 5) is 42.7. The van der Waals surface area contributed by atoms with Crippen molar-refractivity contribution in [3.05, 3.63) is 63.2 Å². The van der Waals surface area contributed by atoms with Crippen molar-refractivity contribution in [2.75, 3.05) is 30.5 Å². The molecule has 2 amide bonds. The van der Waals surface area contributed by atoms with E-state index < -0.39 is 0 Å². The summed E-state index contributed by atoms with van der Waals surface area (Å²) >= 11 is 5.35. The third-order valence-corrected chi connectivity index (χ3v) is 5.81. The topological polar surface area (TPSA) is 96.4 Å². The van der Waals surface area contributed by atoms with Crippen molar-refractivity contribution in [1.29, 1.82) is 0 Å². The summed E-state index contributed by atoms with van der Waals surface area (Å²) in [5.41, 5.74) is 1.92. The average Bonchev–Trinajstić information content (AvgIpc) is 3.21. The number of rotatable bonds is 7. The highest BCUT2D eigenvalue weighted by atomic mass is 32.1. The van der Waals surface area contributed by atoms with E-state index in [2.05, 4.69) is 10.3 Å². The number of benzene rings is 2. The molecule has 0 spiro atoms. The number of ether oxygens (including phenoxy) is 1. The van der Waals surface area contributed by atoms with Gasteiger partial charge in [0.25, 0.3) is 11.5 Å². The Labute approximate surface area is 189 Å². The molecule has 9 heteroatoms. The lowest BCUT2D eigenvalue weighted by Crippen LogP contribution is -2.25. The van der Waals surface area contributed by atoms with Crippen LogP contribution in [0.3, 0.4) is 0 Å². The molecule has 1 aromatic heterocycles. The lowest BCUT2D eigenvalue weighted by atomic mass is 10.1. The number of nitrogens with zero attached hydrogens (tertiary/aromatic N) is 2. The second-order valence-corrected chi connectivity index (χ2v) is 8.00. The number of carbonyl (C=O) groups is 2. The SMILES string of the molecule is COCCCn1c(=S)[nH]c2cc(C(=O)Nc3ccccc3N3CCCC3=O)ccc2c1=O. The Kier molecular flexibility index (Phi) is 6.48. The summed E-state index contributed by atoms with van der Waals surface area (Å²) in [5.74, 6) is -0.290. The van der Waals surface area contributed by atoms with E-state index in [0.29, 0.717) is 65.2 Å². The summed E-state index contributed by atoms with van der Waals surface area (Å²) in [6.45, 7) is 1.62. The lowest BCUT2D eigenvalue weighted by Gasteiger charge is -2.20. The van der Waals surface area contributed by atoms with E-state index in [1.807, 2.05) is 18.2 Å². The van der Waals surface area contributed by atoms with Gasteiger partial charge in [0, 0.05) is 38.8 Å². The fourth-order valence-electron chi connectivity index (χ4n) is 3.88. The third kappa shape index (κ3) is 4.35. The maximum Gasteiger partial charge on any atom is 0.262 e. The van der Waals surface area contributed by atoms with Gasteiger partial charge in [-0.25, -0.2) is 0 Å². The van der Waals surface area contributed by atoms with Crippen LogP contribution in [0.4, 0.5) is 11.4 Å². The molecule has 4 rings (SSSR count). The number of para-hydroxylation sites is 2. The van der Waals surface area contributed by atoms with Crippen molar-refractivity contribution < 1.29 is 14.3 Å². The first-order valence-corrected chi connectivity index (χ1v) is 10.9. The van der Waals surface area contributed by atoms with Gasteiger partial charge in [0.15, 0.2) is 4.77 Å². The minimum Gasteiger partial charge on any atom is -0.385 e. The van der Waals surface area contributed by atoms with Crippen molar-refractivity contribution >= 4 is 46.3 Å². The average molecular weight is 453 g/mol. The van der Waals surface area contributed by atoms with Gasteiger partial charge in [-0.15, -0.1) is 0 Å². The number of fused-ring (bicyclic) bond motifs is 1. The number of carbonyl (C=O) groups excluding carboxylic acids is 2. The van der Waals surface area contributed by atoms with E-state index in [1.54, 1.807) is 36.3 Å². The normalized spacial score (nSPS) is 13.7. The van der Waals surface area contributed by atoms with E-state index in [1.165, 1.54) is 4.57 Å². The molecule has 1 saturated heterocycles. The van der Waals surface area contributed by atoms with Gasteiger partial charge in [0.1, 0.15) is 0 Å². The highest BCUT2D eigenvalue weighted by Crippen LogP contribution is 2.29. The van der Waals surface area contributed by atoms with Crippen molar-refractivity contribution in [2.24, 2.45) is 0 Å². The molecule has 32 heavy (non-hydrogen) atoms. The number of hydrogen-bond donors (Lipinski definition) is 2. The Balaban J connectivity index is 1.62. The zero-order valence-electron chi connectivity index (χ0n) is 17.7. The van der Waals surface area contributed by atoms with E-state index in [0.717, 1.165) is 6.42 Å². The van der Waals surface area contributed by atoms with E-state index >= 15 is 0 Å².